The maximum absolute atomic E-state index is 11.6. The first-order valence-corrected chi connectivity index (χ1v) is 6.39. The van der Waals surface area contributed by atoms with Crippen molar-refractivity contribution in [3.63, 3.8) is 0 Å². The highest BCUT2D eigenvalue weighted by Gasteiger charge is 2.20. The van der Waals surface area contributed by atoms with Gasteiger partial charge in [0, 0.05) is 6.54 Å². The second kappa shape index (κ2) is 5.98. The zero-order chi connectivity index (χ0) is 13.8. The Morgan fingerprint density at radius 1 is 1.39 bits per heavy atom. The van der Waals surface area contributed by atoms with Gasteiger partial charge in [-0.25, -0.2) is 9.48 Å². The lowest BCUT2D eigenvalue weighted by Gasteiger charge is -2.18. The lowest BCUT2D eigenvalue weighted by molar-refractivity contribution is 0.0592. The topological polar surface area (TPSA) is 57.0 Å². The van der Waals surface area contributed by atoms with Crippen LogP contribution in [0.25, 0.3) is 0 Å². The van der Waals surface area contributed by atoms with Gasteiger partial charge in [-0.1, -0.05) is 39.3 Å². The monoisotopic (exact) mass is 253 g/mol. The van der Waals surface area contributed by atoms with Crippen molar-refractivity contribution in [2.45, 2.75) is 53.5 Å². The van der Waals surface area contributed by atoms with Crippen molar-refractivity contribution in [1.29, 1.82) is 0 Å². The van der Waals surface area contributed by atoms with Crippen molar-refractivity contribution in [3.05, 3.63) is 11.4 Å². The molecule has 0 unspecified atom stereocenters. The van der Waals surface area contributed by atoms with E-state index in [4.69, 9.17) is 4.74 Å². The van der Waals surface area contributed by atoms with Crippen molar-refractivity contribution in [3.8, 4) is 0 Å². The fourth-order valence-corrected chi connectivity index (χ4v) is 1.69. The summed E-state index contributed by atoms with van der Waals surface area (Å²) in [6, 6.07) is 0. The summed E-state index contributed by atoms with van der Waals surface area (Å²) < 4.78 is 6.56. The van der Waals surface area contributed by atoms with Gasteiger partial charge in [-0.15, -0.1) is 5.10 Å². The van der Waals surface area contributed by atoms with Gasteiger partial charge in [-0.05, 0) is 18.3 Å². The lowest BCUT2D eigenvalue weighted by Crippen LogP contribution is -2.14. The van der Waals surface area contributed by atoms with Gasteiger partial charge in [0.05, 0.1) is 12.8 Å². The Morgan fingerprint density at radius 3 is 2.56 bits per heavy atom. The van der Waals surface area contributed by atoms with Gasteiger partial charge in [0.15, 0.2) is 5.69 Å². The molecule has 0 aliphatic rings. The van der Waals surface area contributed by atoms with E-state index in [2.05, 4.69) is 38.0 Å². The van der Waals surface area contributed by atoms with Gasteiger partial charge >= 0.3 is 5.97 Å². The summed E-state index contributed by atoms with van der Waals surface area (Å²) in [6.07, 6.45) is 2.74. The van der Waals surface area contributed by atoms with Crippen molar-refractivity contribution < 1.29 is 9.53 Å². The summed E-state index contributed by atoms with van der Waals surface area (Å²) in [4.78, 5) is 11.6. The highest BCUT2D eigenvalue weighted by Crippen LogP contribution is 2.20. The maximum atomic E-state index is 11.6. The van der Waals surface area contributed by atoms with E-state index in [1.54, 1.807) is 0 Å². The standard InChI is InChI=1S/C13H23N3O2/c1-6-7-10-11(12(17)18-5)14-15-16(10)9-8-13(2,3)4/h6-9H2,1-5H3. The Kier molecular flexibility index (Phi) is 4.87. The van der Waals surface area contributed by atoms with E-state index in [-0.39, 0.29) is 5.41 Å². The number of aromatic nitrogens is 3. The van der Waals surface area contributed by atoms with Crippen LogP contribution in [-0.2, 0) is 17.7 Å². The molecule has 0 aliphatic carbocycles. The molecule has 1 heterocycles. The number of esters is 1. The number of ether oxygens (including phenoxy) is 1. The Morgan fingerprint density at radius 2 is 2.06 bits per heavy atom. The van der Waals surface area contributed by atoms with E-state index in [0.29, 0.717) is 5.69 Å². The smallest absolute Gasteiger partial charge is 0.360 e. The van der Waals surface area contributed by atoms with Crippen LogP contribution < -0.4 is 0 Å². The summed E-state index contributed by atoms with van der Waals surface area (Å²) in [5.74, 6) is -0.402. The Labute approximate surface area is 109 Å². The zero-order valence-electron chi connectivity index (χ0n) is 12.0. The molecular weight excluding hydrogens is 230 g/mol. The van der Waals surface area contributed by atoms with Crippen molar-refractivity contribution in [1.82, 2.24) is 15.0 Å². The highest BCUT2D eigenvalue weighted by molar-refractivity contribution is 5.88. The maximum Gasteiger partial charge on any atom is 0.360 e. The fraction of sp³-hybridized carbons (Fsp3) is 0.769. The molecule has 0 aliphatic heterocycles. The molecule has 0 N–H and O–H groups in total. The number of aryl methyl sites for hydroxylation is 1. The predicted octanol–water partition coefficient (Wildman–Crippen LogP) is 2.45. The number of rotatable bonds is 5. The molecule has 5 nitrogen and oxygen atoms in total. The van der Waals surface area contributed by atoms with Gasteiger partial charge in [0.1, 0.15) is 0 Å². The molecule has 102 valence electrons. The largest absolute Gasteiger partial charge is 0.464 e. The molecule has 0 saturated carbocycles. The van der Waals surface area contributed by atoms with Crippen LogP contribution in [0.3, 0.4) is 0 Å². The number of nitrogens with zero attached hydrogens (tertiary/aromatic N) is 3. The average molecular weight is 253 g/mol. The molecule has 0 aromatic carbocycles. The number of hydrogen-bond donors (Lipinski definition) is 0. The summed E-state index contributed by atoms with van der Waals surface area (Å²) in [5, 5.41) is 8.02. The van der Waals surface area contributed by atoms with E-state index in [1.165, 1.54) is 7.11 Å². The van der Waals surface area contributed by atoms with Crippen LogP contribution in [0.5, 0.6) is 0 Å². The molecule has 0 saturated heterocycles. The third-order valence-corrected chi connectivity index (χ3v) is 2.78. The van der Waals surface area contributed by atoms with Crippen LogP contribution in [0, 0.1) is 5.41 Å². The number of carbonyl (C=O) groups is 1. The Bertz CT molecular complexity index is 405. The molecule has 0 amide bonds. The summed E-state index contributed by atoms with van der Waals surface area (Å²) in [7, 11) is 1.37. The molecule has 0 atom stereocenters. The Balaban J connectivity index is 2.91. The minimum Gasteiger partial charge on any atom is -0.464 e. The second-order valence-corrected chi connectivity index (χ2v) is 5.66. The molecule has 0 spiro atoms. The van der Waals surface area contributed by atoms with E-state index in [1.807, 2.05) is 4.68 Å². The van der Waals surface area contributed by atoms with Crippen LogP contribution in [0.4, 0.5) is 0 Å². The summed E-state index contributed by atoms with van der Waals surface area (Å²) in [6.45, 7) is 9.41. The number of hydrogen-bond acceptors (Lipinski definition) is 4. The molecule has 1 aromatic rings. The van der Waals surface area contributed by atoms with Crippen molar-refractivity contribution >= 4 is 5.97 Å². The first kappa shape index (κ1) is 14.7. The first-order chi connectivity index (χ1) is 8.39. The minimum absolute atomic E-state index is 0.237. The first-order valence-electron chi connectivity index (χ1n) is 6.39. The number of carbonyl (C=O) groups excluding carboxylic acids is 1. The minimum atomic E-state index is -0.402. The van der Waals surface area contributed by atoms with Gasteiger partial charge in [-0.2, -0.15) is 0 Å². The van der Waals surface area contributed by atoms with E-state index < -0.39 is 5.97 Å². The lowest BCUT2D eigenvalue weighted by atomic mass is 9.92. The van der Waals surface area contributed by atoms with Crippen molar-refractivity contribution in [2.75, 3.05) is 7.11 Å². The molecule has 0 radical (unpaired) electrons. The molecule has 0 fully saturated rings. The predicted molar refractivity (Wildman–Crippen MR) is 69.4 cm³/mol. The number of methoxy groups -OCH3 is 1. The molecule has 1 rings (SSSR count). The van der Waals surface area contributed by atoms with Gasteiger partial charge < -0.3 is 4.74 Å². The van der Waals surface area contributed by atoms with Gasteiger partial charge in [0.25, 0.3) is 0 Å². The van der Waals surface area contributed by atoms with Crippen LogP contribution >= 0.6 is 0 Å². The second-order valence-electron chi connectivity index (χ2n) is 5.66. The fourth-order valence-electron chi connectivity index (χ4n) is 1.69. The quantitative estimate of drug-likeness (QED) is 0.756. The normalized spacial score (nSPS) is 11.6. The summed E-state index contributed by atoms with van der Waals surface area (Å²) in [5.41, 5.74) is 1.47. The van der Waals surface area contributed by atoms with Crippen LogP contribution in [0.1, 0.15) is 56.7 Å². The van der Waals surface area contributed by atoms with E-state index in [0.717, 1.165) is 31.5 Å². The molecule has 5 heteroatoms. The third-order valence-electron chi connectivity index (χ3n) is 2.78. The third kappa shape index (κ3) is 3.82. The molecule has 18 heavy (non-hydrogen) atoms. The van der Waals surface area contributed by atoms with Crippen LogP contribution in [0.15, 0.2) is 0 Å². The van der Waals surface area contributed by atoms with Gasteiger partial charge in [0.2, 0.25) is 0 Å². The molecule has 0 bridgehead atoms. The highest BCUT2D eigenvalue weighted by atomic mass is 16.5. The van der Waals surface area contributed by atoms with Gasteiger partial charge in [-0.3, -0.25) is 0 Å². The summed E-state index contributed by atoms with van der Waals surface area (Å²) >= 11 is 0. The molecule has 1 aromatic heterocycles. The molecular formula is C13H23N3O2. The van der Waals surface area contributed by atoms with Crippen LogP contribution in [-0.4, -0.2) is 28.1 Å². The van der Waals surface area contributed by atoms with Crippen LogP contribution in [0.2, 0.25) is 0 Å². The average Bonchev–Trinajstić information content (AvgIpc) is 2.68. The van der Waals surface area contributed by atoms with Crippen molar-refractivity contribution in [2.24, 2.45) is 5.41 Å². The Hall–Kier alpha value is -1.39. The van der Waals surface area contributed by atoms with E-state index >= 15 is 0 Å². The zero-order valence-corrected chi connectivity index (χ0v) is 12.0. The van der Waals surface area contributed by atoms with E-state index in [9.17, 15) is 4.79 Å². The SMILES string of the molecule is CCCc1c(C(=O)OC)nnn1CCC(C)(C)C.